The van der Waals surface area contributed by atoms with Crippen molar-refractivity contribution in [3.63, 3.8) is 0 Å². The zero-order valence-electron chi connectivity index (χ0n) is 10.3. The molecule has 20 heavy (non-hydrogen) atoms. The first-order valence-electron chi connectivity index (χ1n) is 5.47. The van der Waals surface area contributed by atoms with Gasteiger partial charge in [0, 0.05) is 18.8 Å². The number of hydrogen-bond donors (Lipinski definition) is 0. The Kier molecular flexibility index (Phi) is 3.67. The van der Waals surface area contributed by atoms with E-state index >= 15 is 0 Å². The minimum Gasteiger partial charge on any atom is -0.298 e. The summed E-state index contributed by atoms with van der Waals surface area (Å²) < 4.78 is 48.8. The fraction of sp³-hybridized carbons (Fsp3) is 0.167. The van der Waals surface area contributed by atoms with Crippen LogP contribution in [0.4, 0.5) is 8.78 Å². The van der Waals surface area contributed by atoms with E-state index < -0.39 is 20.5 Å². The van der Waals surface area contributed by atoms with Gasteiger partial charge in [0.05, 0.1) is 10.5 Å². The molecule has 0 bridgehead atoms. The van der Waals surface area contributed by atoms with Gasteiger partial charge in [0.25, 0.3) is 0 Å². The Morgan fingerprint density at radius 3 is 2.35 bits per heavy atom. The second kappa shape index (κ2) is 5.12. The minimum atomic E-state index is -4.61. The Balaban J connectivity index is 2.45. The summed E-state index contributed by atoms with van der Waals surface area (Å²) in [6, 6.07) is 4.81. The van der Waals surface area contributed by atoms with Crippen LogP contribution in [0.1, 0.15) is 10.4 Å². The SMILES string of the molecule is Cn1cc(C=O)c(-c2ccc(S(=O)(=O)C(F)F)cc2)n1. The molecular formula is C12H10F2N2O3S. The fourth-order valence-corrected chi connectivity index (χ4v) is 2.44. The van der Waals surface area contributed by atoms with Gasteiger partial charge >= 0.3 is 5.76 Å². The van der Waals surface area contributed by atoms with Crippen molar-refractivity contribution in [1.82, 2.24) is 9.78 Å². The molecule has 0 saturated carbocycles. The van der Waals surface area contributed by atoms with E-state index in [0.717, 1.165) is 12.1 Å². The van der Waals surface area contributed by atoms with Crippen molar-refractivity contribution in [2.24, 2.45) is 7.05 Å². The molecule has 0 amide bonds. The quantitative estimate of drug-likeness (QED) is 0.809. The molecule has 8 heteroatoms. The third-order valence-electron chi connectivity index (χ3n) is 2.67. The third kappa shape index (κ3) is 2.46. The molecule has 0 aliphatic carbocycles. The molecule has 2 aromatic rings. The highest BCUT2D eigenvalue weighted by molar-refractivity contribution is 7.91. The molecular weight excluding hydrogens is 290 g/mol. The summed E-state index contributed by atoms with van der Waals surface area (Å²) in [6.45, 7) is 0. The van der Waals surface area contributed by atoms with E-state index in [9.17, 15) is 22.0 Å². The van der Waals surface area contributed by atoms with Gasteiger partial charge in [-0.25, -0.2) is 8.42 Å². The molecule has 1 aromatic carbocycles. The first-order chi connectivity index (χ1) is 9.36. The highest BCUT2D eigenvalue weighted by atomic mass is 32.2. The lowest BCUT2D eigenvalue weighted by atomic mass is 10.1. The highest BCUT2D eigenvalue weighted by Crippen LogP contribution is 2.24. The Bertz CT molecular complexity index is 737. The summed E-state index contributed by atoms with van der Waals surface area (Å²) in [5, 5.41) is 4.07. The van der Waals surface area contributed by atoms with Crippen molar-refractivity contribution in [2.45, 2.75) is 10.7 Å². The van der Waals surface area contributed by atoms with Crippen molar-refractivity contribution in [3.8, 4) is 11.3 Å². The predicted octanol–water partition coefficient (Wildman–Crippen LogP) is 1.90. The van der Waals surface area contributed by atoms with Gasteiger partial charge in [-0.1, -0.05) is 12.1 Å². The van der Waals surface area contributed by atoms with Crippen LogP contribution in [0.3, 0.4) is 0 Å². The summed E-state index contributed by atoms with van der Waals surface area (Å²) in [5.41, 5.74) is 1.17. The number of hydrogen-bond acceptors (Lipinski definition) is 4. The number of benzene rings is 1. The molecule has 2 rings (SSSR count). The van der Waals surface area contributed by atoms with E-state index in [2.05, 4.69) is 5.10 Å². The molecule has 5 nitrogen and oxygen atoms in total. The zero-order valence-corrected chi connectivity index (χ0v) is 11.1. The van der Waals surface area contributed by atoms with Crippen molar-refractivity contribution in [1.29, 1.82) is 0 Å². The summed E-state index contributed by atoms with van der Waals surface area (Å²) >= 11 is 0. The van der Waals surface area contributed by atoms with E-state index in [1.54, 1.807) is 7.05 Å². The Morgan fingerprint density at radius 1 is 1.25 bits per heavy atom. The molecule has 0 radical (unpaired) electrons. The largest absolute Gasteiger partial charge is 0.341 e. The molecule has 0 spiro atoms. The molecule has 0 fully saturated rings. The lowest BCUT2D eigenvalue weighted by Gasteiger charge is -2.04. The van der Waals surface area contributed by atoms with Gasteiger partial charge in [-0.3, -0.25) is 9.48 Å². The molecule has 0 atom stereocenters. The second-order valence-electron chi connectivity index (χ2n) is 4.05. The number of rotatable bonds is 4. The molecule has 106 valence electrons. The molecule has 0 aliphatic heterocycles. The zero-order chi connectivity index (χ0) is 14.9. The maximum absolute atomic E-state index is 12.4. The van der Waals surface area contributed by atoms with Crippen molar-refractivity contribution in [3.05, 3.63) is 36.0 Å². The number of aryl methyl sites for hydroxylation is 1. The van der Waals surface area contributed by atoms with Crippen LogP contribution in [0.15, 0.2) is 35.4 Å². The monoisotopic (exact) mass is 300 g/mol. The van der Waals surface area contributed by atoms with Crippen LogP contribution in [0.25, 0.3) is 11.3 Å². The van der Waals surface area contributed by atoms with Crippen LogP contribution in [0, 0.1) is 0 Å². The Labute approximate surface area is 113 Å². The van der Waals surface area contributed by atoms with Gasteiger partial charge in [-0.05, 0) is 12.1 Å². The van der Waals surface area contributed by atoms with Gasteiger partial charge in [-0.15, -0.1) is 0 Å². The summed E-state index contributed by atoms with van der Waals surface area (Å²) in [6.07, 6.45) is 2.12. The molecule has 0 aliphatic rings. The fourth-order valence-electron chi connectivity index (χ4n) is 1.72. The number of nitrogens with zero attached hydrogens (tertiary/aromatic N) is 2. The van der Waals surface area contributed by atoms with Gasteiger partial charge < -0.3 is 0 Å². The molecule has 1 aromatic heterocycles. The van der Waals surface area contributed by atoms with Crippen LogP contribution < -0.4 is 0 Å². The average molecular weight is 300 g/mol. The maximum atomic E-state index is 12.4. The lowest BCUT2D eigenvalue weighted by molar-refractivity contribution is 0.112. The van der Waals surface area contributed by atoms with Crippen molar-refractivity contribution in [2.75, 3.05) is 0 Å². The van der Waals surface area contributed by atoms with Crippen molar-refractivity contribution < 1.29 is 22.0 Å². The molecule has 1 heterocycles. The van der Waals surface area contributed by atoms with E-state index in [4.69, 9.17) is 0 Å². The van der Waals surface area contributed by atoms with Gasteiger partial charge in [0.15, 0.2) is 6.29 Å². The molecule has 0 N–H and O–H groups in total. The number of carbonyl (C=O) groups is 1. The normalized spacial score (nSPS) is 11.8. The number of aldehydes is 1. The number of carbonyl (C=O) groups excluding carboxylic acids is 1. The maximum Gasteiger partial charge on any atom is 0.341 e. The number of halogens is 2. The van der Waals surface area contributed by atoms with Gasteiger partial charge in [0.1, 0.15) is 5.69 Å². The van der Waals surface area contributed by atoms with E-state index in [1.807, 2.05) is 0 Å². The standard InChI is InChI=1S/C12H10F2N2O3S/c1-16-6-9(7-17)11(15-16)8-2-4-10(5-3-8)20(18,19)12(13)14/h2-7,12H,1H3. The van der Waals surface area contributed by atoms with Crippen LogP contribution in [0.2, 0.25) is 0 Å². The first kappa shape index (κ1) is 14.3. The molecule has 0 saturated heterocycles. The Morgan fingerprint density at radius 2 is 1.85 bits per heavy atom. The highest BCUT2D eigenvalue weighted by Gasteiger charge is 2.26. The van der Waals surface area contributed by atoms with Crippen LogP contribution in [0.5, 0.6) is 0 Å². The predicted molar refractivity (Wildman–Crippen MR) is 67.2 cm³/mol. The minimum absolute atomic E-state index is 0.331. The number of alkyl halides is 2. The van der Waals surface area contributed by atoms with E-state index in [-0.39, 0.29) is 0 Å². The number of sulfone groups is 1. The van der Waals surface area contributed by atoms with Gasteiger partial charge in [0.2, 0.25) is 9.84 Å². The topological polar surface area (TPSA) is 69.0 Å². The molecule has 0 unspecified atom stereocenters. The first-order valence-corrected chi connectivity index (χ1v) is 7.02. The second-order valence-corrected chi connectivity index (χ2v) is 5.97. The van der Waals surface area contributed by atoms with Gasteiger partial charge in [-0.2, -0.15) is 13.9 Å². The Hall–Kier alpha value is -2.09. The van der Waals surface area contributed by atoms with E-state index in [0.29, 0.717) is 23.1 Å². The van der Waals surface area contributed by atoms with Crippen LogP contribution >= 0.6 is 0 Å². The number of aromatic nitrogens is 2. The average Bonchev–Trinajstić information content (AvgIpc) is 2.80. The van der Waals surface area contributed by atoms with Crippen LogP contribution in [-0.4, -0.2) is 30.2 Å². The van der Waals surface area contributed by atoms with Crippen LogP contribution in [-0.2, 0) is 16.9 Å². The summed E-state index contributed by atoms with van der Waals surface area (Å²) in [5.74, 6) is -3.46. The summed E-state index contributed by atoms with van der Waals surface area (Å²) in [4.78, 5) is 10.4. The third-order valence-corrected chi connectivity index (χ3v) is 4.07. The van der Waals surface area contributed by atoms with E-state index in [1.165, 1.54) is 23.0 Å². The smallest absolute Gasteiger partial charge is 0.298 e. The lowest BCUT2D eigenvalue weighted by Crippen LogP contribution is -2.11. The van der Waals surface area contributed by atoms with Crippen molar-refractivity contribution >= 4 is 16.1 Å². The summed E-state index contributed by atoms with van der Waals surface area (Å²) in [7, 11) is -2.98.